The van der Waals surface area contributed by atoms with E-state index >= 15 is 0 Å². The highest BCUT2D eigenvalue weighted by Crippen LogP contribution is 2.37. The van der Waals surface area contributed by atoms with E-state index in [0.717, 1.165) is 46.4 Å². The van der Waals surface area contributed by atoms with Crippen LogP contribution in [0.2, 0.25) is 0 Å². The van der Waals surface area contributed by atoms with Crippen molar-refractivity contribution < 1.29 is 0 Å². The van der Waals surface area contributed by atoms with Crippen molar-refractivity contribution in [1.82, 2.24) is 9.97 Å². The van der Waals surface area contributed by atoms with Gasteiger partial charge >= 0.3 is 0 Å². The summed E-state index contributed by atoms with van der Waals surface area (Å²) in [5.41, 5.74) is 3.56. The average molecular weight is 355 g/mol. The van der Waals surface area contributed by atoms with Crippen molar-refractivity contribution in [2.45, 2.75) is 59.3 Å². The van der Waals surface area contributed by atoms with Crippen molar-refractivity contribution in [2.24, 2.45) is 0 Å². The Morgan fingerprint density at radius 2 is 1.80 bits per heavy atom. The fourth-order valence-corrected chi connectivity index (χ4v) is 4.30. The smallest absolute Gasteiger partial charge is 0.260 e. The number of aryl methyl sites for hydroxylation is 2. The number of benzene rings is 1. The summed E-state index contributed by atoms with van der Waals surface area (Å²) in [6, 6.07) is 8.62. The lowest BCUT2D eigenvalue weighted by Crippen LogP contribution is -2.12. The zero-order chi connectivity index (χ0) is 18.2. The van der Waals surface area contributed by atoms with E-state index in [-0.39, 0.29) is 11.0 Å². The maximum atomic E-state index is 12.7. The average Bonchev–Trinajstić information content (AvgIpc) is 2.93. The summed E-state index contributed by atoms with van der Waals surface area (Å²) in [7, 11) is 0. The number of fused-ring (bicyclic) bond motifs is 1. The monoisotopic (exact) mass is 354 g/mol. The van der Waals surface area contributed by atoms with Crippen LogP contribution in [0.1, 0.15) is 57.3 Å². The van der Waals surface area contributed by atoms with Gasteiger partial charge in [-0.05, 0) is 29.4 Å². The molecule has 0 aliphatic heterocycles. The molecule has 0 atom stereocenters. The number of nitrogens with one attached hydrogen (secondary N) is 1. The Morgan fingerprint density at radius 3 is 2.36 bits per heavy atom. The molecule has 0 fully saturated rings. The zero-order valence-electron chi connectivity index (χ0n) is 15.7. The maximum absolute atomic E-state index is 12.7. The second-order valence-corrected chi connectivity index (χ2v) is 8.61. The van der Waals surface area contributed by atoms with E-state index in [2.05, 4.69) is 63.9 Å². The molecule has 4 heteroatoms. The van der Waals surface area contributed by atoms with Crippen LogP contribution in [-0.2, 0) is 18.3 Å². The minimum absolute atomic E-state index is 0.0145. The molecule has 0 saturated carbocycles. The van der Waals surface area contributed by atoms with Gasteiger partial charge in [-0.3, -0.25) is 4.79 Å². The summed E-state index contributed by atoms with van der Waals surface area (Å²) in [4.78, 5) is 22.5. The van der Waals surface area contributed by atoms with Gasteiger partial charge in [-0.2, -0.15) is 0 Å². The van der Waals surface area contributed by atoms with Gasteiger partial charge in [0.15, 0.2) is 0 Å². The molecule has 132 valence electrons. The van der Waals surface area contributed by atoms with Gasteiger partial charge in [0, 0.05) is 16.9 Å². The Kier molecular flexibility index (Phi) is 4.83. The summed E-state index contributed by atoms with van der Waals surface area (Å²) >= 11 is 1.65. The van der Waals surface area contributed by atoms with E-state index in [1.165, 1.54) is 10.4 Å². The maximum Gasteiger partial charge on any atom is 0.260 e. The normalized spacial score (nSPS) is 12.0. The second kappa shape index (κ2) is 6.75. The van der Waals surface area contributed by atoms with Crippen LogP contribution < -0.4 is 5.56 Å². The van der Waals surface area contributed by atoms with Gasteiger partial charge in [-0.1, -0.05) is 58.9 Å². The van der Waals surface area contributed by atoms with Crippen molar-refractivity contribution in [3.05, 3.63) is 50.9 Å². The van der Waals surface area contributed by atoms with E-state index in [0.29, 0.717) is 0 Å². The molecule has 1 N–H and O–H groups in total. The lowest BCUT2D eigenvalue weighted by molar-refractivity contribution is 0.590. The van der Waals surface area contributed by atoms with Gasteiger partial charge in [0.25, 0.3) is 5.56 Å². The summed E-state index contributed by atoms with van der Waals surface area (Å²) in [5, 5.41) is 0.741. The molecule has 0 spiro atoms. The van der Waals surface area contributed by atoms with E-state index in [4.69, 9.17) is 4.98 Å². The van der Waals surface area contributed by atoms with Crippen molar-refractivity contribution in [3.63, 3.8) is 0 Å². The zero-order valence-corrected chi connectivity index (χ0v) is 16.5. The minimum atomic E-state index is -0.0145. The lowest BCUT2D eigenvalue weighted by atomic mass is 9.86. The topological polar surface area (TPSA) is 45.8 Å². The van der Waals surface area contributed by atoms with Crippen LogP contribution in [0.4, 0.5) is 0 Å². The Balaban J connectivity index is 2.20. The van der Waals surface area contributed by atoms with Crippen LogP contribution in [0.5, 0.6) is 0 Å². The molecule has 1 aromatic carbocycles. The molecule has 2 heterocycles. The number of hydrogen-bond acceptors (Lipinski definition) is 3. The molecule has 0 aliphatic rings. The standard InChI is InChI=1S/C21H26N2OS/c1-6-8-16-22-19(24)18-17(15(7-2)25-20(18)23-16)13-9-11-14(12-10-13)21(3,4)5/h9-12H,6-8H2,1-5H3,(H,22,23,24). The van der Waals surface area contributed by atoms with E-state index in [1.54, 1.807) is 11.3 Å². The lowest BCUT2D eigenvalue weighted by Gasteiger charge is -2.19. The fourth-order valence-electron chi connectivity index (χ4n) is 3.14. The van der Waals surface area contributed by atoms with Crippen LogP contribution in [0.25, 0.3) is 21.3 Å². The number of rotatable bonds is 4. The SMILES string of the molecule is CCCc1nc2sc(CC)c(-c3ccc(C(C)(C)C)cc3)c2c(=O)[nH]1. The summed E-state index contributed by atoms with van der Waals surface area (Å²) in [6.45, 7) is 10.9. The largest absolute Gasteiger partial charge is 0.310 e. The molecular formula is C21H26N2OS. The number of thiophene rings is 1. The fraction of sp³-hybridized carbons (Fsp3) is 0.429. The summed E-state index contributed by atoms with van der Waals surface area (Å²) in [5.74, 6) is 0.790. The van der Waals surface area contributed by atoms with E-state index < -0.39 is 0 Å². The summed E-state index contributed by atoms with van der Waals surface area (Å²) < 4.78 is 0. The third kappa shape index (κ3) is 3.40. The van der Waals surface area contributed by atoms with Gasteiger partial charge < -0.3 is 4.98 Å². The quantitative estimate of drug-likeness (QED) is 0.676. The van der Waals surface area contributed by atoms with Crippen LogP contribution >= 0.6 is 11.3 Å². The van der Waals surface area contributed by atoms with Crippen molar-refractivity contribution in [3.8, 4) is 11.1 Å². The number of aromatic nitrogens is 2. The van der Waals surface area contributed by atoms with Crippen LogP contribution in [0, 0.1) is 0 Å². The van der Waals surface area contributed by atoms with Gasteiger partial charge in [-0.15, -0.1) is 11.3 Å². The first kappa shape index (κ1) is 17.9. The molecule has 25 heavy (non-hydrogen) atoms. The molecule has 0 saturated heterocycles. The Labute approximate surface area is 153 Å². The molecular weight excluding hydrogens is 328 g/mol. The number of aromatic amines is 1. The molecule has 2 aromatic heterocycles. The second-order valence-electron chi connectivity index (χ2n) is 7.52. The molecule has 0 radical (unpaired) electrons. The molecule has 3 nitrogen and oxygen atoms in total. The highest BCUT2D eigenvalue weighted by atomic mass is 32.1. The molecule has 0 amide bonds. The van der Waals surface area contributed by atoms with Gasteiger partial charge in [-0.25, -0.2) is 4.98 Å². The molecule has 3 aromatic rings. The highest BCUT2D eigenvalue weighted by Gasteiger charge is 2.19. The first-order chi connectivity index (χ1) is 11.8. The third-order valence-corrected chi connectivity index (χ3v) is 5.76. The number of H-pyrrole nitrogens is 1. The molecule has 0 bridgehead atoms. The number of hydrogen-bond donors (Lipinski definition) is 1. The Hall–Kier alpha value is -1.94. The highest BCUT2D eigenvalue weighted by molar-refractivity contribution is 7.19. The van der Waals surface area contributed by atoms with Crippen molar-refractivity contribution in [1.29, 1.82) is 0 Å². The van der Waals surface area contributed by atoms with Crippen LogP contribution in [0.3, 0.4) is 0 Å². The minimum Gasteiger partial charge on any atom is -0.310 e. The van der Waals surface area contributed by atoms with Crippen molar-refractivity contribution in [2.75, 3.05) is 0 Å². The Morgan fingerprint density at radius 1 is 1.12 bits per heavy atom. The van der Waals surface area contributed by atoms with Gasteiger partial charge in [0.05, 0.1) is 5.39 Å². The molecule has 0 unspecified atom stereocenters. The van der Waals surface area contributed by atoms with Crippen LogP contribution in [-0.4, -0.2) is 9.97 Å². The first-order valence-electron chi connectivity index (χ1n) is 9.00. The molecule has 3 rings (SSSR count). The van der Waals surface area contributed by atoms with Gasteiger partial charge in [0.2, 0.25) is 0 Å². The van der Waals surface area contributed by atoms with Crippen molar-refractivity contribution >= 4 is 21.6 Å². The Bertz CT molecular complexity index is 943. The van der Waals surface area contributed by atoms with E-state index in [9.17, 15) is 4.79 Å². The first-order valence-corrected chi connectivity index (χ1v) is 9.82. The predicted molar refractivity (Wildman–Crippen MR) is 108 cm³/mol. The summed E-state index contributed by atoms with van der Waals surface area (Å²) in [6.07, 6.45) is 2.68. The predicted octanol–water partition coefficient (Wildman–Crippen LogP) is 5.46. The van der Waals surface area contributed by atoms with Crippen LogP contribution in [0.15, 0.2) is 29.1 Å². The number of nitrogens with zero attached hydrogens (tertiary/aromatic N) is 1. The molecule has 0 aliphatic carbocycles. The van der Waals surface area contributed by atoms with E-state index in [1.807, 2.05) is 0 Å². The van der Waals surface area contributed by atoms with Gasteiger partial charge in [0.1, 0.15) is 10.7 Å². The third-order valence-electron chi connectivity index (χ3n) is 4.53.